The number of hydrogen-bond acceptors (Lipinski definition) is 6. The van der Waals surface area contributed by atoms with Gasteiger partial charge in [0.2, 0.25) is 10.0 Å². The van der Waals surface area contributed by atoms with Crippen LogP contribution in [0.4, 0.5) is 42.6 Å². The van der Waals surface area contributed by atoms with Crippen LogP contribution in [-0.2, 0) is 15.6 Å². The van der Waals surface area contributed by atoms with Crippen molar-refractivity contribution < 1.29 is 49.8 Å². The number of nitrogens with one attached hydrogen (secondary N) is 1. The quantitative estimate of drug-likeness (QED) is 0.375. The molecule has 1 saturated heterocycles. The molecular formula is C22H20F6N4O5S. The summed E-state index contributed by atoms with van der Waals surface area (Å²) in [5, 5.41) is 20.4. The number of benzene rings is 1. The standard InChI is InChI=1S/C22H20F6N4O5S/c1-2-3-16-17(8-9-18(29-16)30-19(33)34)38(36,37)32-12-10-31(11-13-32)15-6-4-14(5-7-15)20(35,21(23,24)25)22(26,27)28/h4-9,35H,10-13H2,1H3,(H,29,30)(H,33,34). The van der Waals surface area contributed by atoms with Crippen LogP contribution in [0.2, 0.25) is 0 Å². The fourth-order valence-corrected chi connectivity index (χ4v) is 5.27. The molecule has 1 aromatic carbocycles. The van der Waals surface area contributed by atoms with Crippen LogP contribution in [0.5, 0.6) is 0 Å². The Hall–Kier alpha value is -3.55. The Morgan fingerprint density at radius 1 is 0.974 bits per heavy atom. The highest BCUT2D eigenvalue weighted by atomic mass is 32.2. The van der Waals surface area contributed by atoms with E-state index in [-0.39, 0.29) is 48.3 Å². The normalized spacial score (nSPS) is 15.5. The third-order valence-corrected chi connectivity index (χ3v) is 7.59. The molecule has 0 bridgehead atoms. The Kier molecular flexibility index (Phi) is 7.87. The Labute approximate surface area is 212 Å². The maximum Gasteiger partial charge on any atom is 0.430 e. The highest BCUT2D eigenvalue weighted by molar-refractivity contribution is 7.89. The molecule has 0 atom stereocenters. The molecule has 1 amide bonds. The third kappa shape index (κ3) is 5.49. The molecule has 0 radical (unpaired) electrons. The molecule has 16 heteroatoms. The molecule has 1 aliphatic rings. The van der Waals surface area contributed by atoms with Gasteiger partial charge in [-0.3, -0.25) is 5.32 Å². The van der Waals surface area contributed by atoms with Crippen LogP contribution >= 0.6 is 0 Å². The van der Waals surface area contributed by atoms with E-state index in [0.29, 0.717) is 12.1 Å². The second kappa shape index (κ2) is 10.3. The van der Waals surface area contributed by atoms with Gasteiger partial charge in [0.15, 0.2) is 0 Å². The molecule has 3 N–H and O–H groups in total. The third-order valence-electron chi connectivity index (χ3n) is 5.66. The van der Waals surface area contributed by atoms with Crippen LogP contribution in [0.3, 0.4) is 0 Å². The molecule has 2 heterocycles. The number of aromatic nitrogens is 1. The lowest BCUT2D eigenvalue weighted by Gasteiger charge is -2.36. The lowest BCUT2D eigenvalue weighted by molar-refractivity contribution is -0.376. The van der Waals surface area contributed by atoms with Crippen LogP contribution in [-0.4, -0.2) is 72.5 Å². The van der Waals surface area contributed by atoms with E-state index in [0.717, 1.165) is 28.6 Å². The summed E-state index contributed by atoms with van der Waals surface area (Å²) in [6.45, 7) is 1.34. The Morgan fingerprint density at radius 2 is 1.53 bits per heavy atom. The van der Waals surface area contributed by atoms with E-state index in [2.05, 4.69) is 16.8 Å². The maximum absolute atomic E-state index is 13.2. The monoisotopic (exact) mass is 566 g/mol. The first-order chi connectivity index (χ1) is 17.5. The van der Waals surface area contributed by atoms with Crippen molar-refractivity contribution in [1.29, 1.82) is 0 Å². The Morgan fingerprint density at radius 3 is 2.00 bits per heavy atom. The average molecular weight is 566 g/mol. The summed E-state index contributed by atoms with van der Waals surface area (Å²) in [4.78, 5) is 16.1. The zero-order valence-electron chi connectivity index (χ0n) is 19.4. The topological polar surface area (TPSA) is 123 Å². The first-order valence-electron chi connectivity index (χ1n) is 10.7. The van der Waals surface area contributed by atoms with Gasteiger partial charge in [-0.2, -0.15) is 30.6 Å². The van der Waals surface area contributed by atoms with E-state index in [1.807, 2.05) is 5.32 Å². The van der Waals surface area contributed by atoms with Crippen LogP contribution < -0.4 is 10.2 Å². The van der Waals surface area contributed by atoms with Gasteiger partial charge in [0, 0.05) is 37.4 Å². The number of amides is 1. The summed E-state index contributed by atoms with van der Waals surface area (Å²) in [6, 6.07) is 5.31. The maximum atomic E-state index is 13.2. The minimum Gasteiger partial charge on any atom is -0.465 e. The minimum atomic E-state index is -6.01. The van der Waals surface area contributed by atoms with Crippen LogP contribution in [0.15, 0.2) is 41.3 Å². The molecule has 0 saturated carbocycles. The van der Waals surface area contributed by atoms with Crippen molar-refractivity contribution >= 4 is 27.6 Å². The number of nitrogens with zero attached hydrogens (tertiary/aromatic N) is 3. The highest BCUT2D eigenvalue weighted by Gasteiger charge is 2.71. The lowest BCUT2D eigenvalue weighted by atomic mass is 9.92. The smallest absolute Gasteiger partial charge is 0.430 e. The van der Waals surface area contributed by atoms with Crippen LogP contribution in [0.1, 0.15) is 18.2 Å². The minimum absolute atomic E-state index is 0.0439. The number of piperazine rings is 1. The first kappa shape index (κ1) is 29.0. The molecule has 38 heavy (non-hydrogen) atoms. The summed E-state index contributed by atoms with van der Waals surface area (Å²) < 4.78 is 106. The van der Waals surface area contributed by atoms with Gasteiger partial charge in [-0.1, -0.05) is 18.1 Å². The fourth-order valence-electron chi connectivity index (χ4n) is 3.77. The van der Waals surface area contributed by atoms with E-state index in [4.69, 9.17) is 5.11 Å². The van der Waals surface area contributed by atoms with Crippen molar-refractivity contribution in [2.24, 2.45) is 0 Å². The summed E-state index contributed by atoms with van der Waals surface area (Å²) >= 11 is 0. The van der Waals surface area contributed by atoms with Crippen molar-refractivity contribution in [3.05, 3.63) is 47.7 Å². The average Bonchev–Trinajstić information content (AvgIpc) is 2.82. The second-order valence-corrected chi connectivity index (χ2v) is 9.90. The van der Waals surface area contributed by atoms with Gasteiger partial charge < -0.3 is 15.1 Å². The van der Waals surface area contributed by atoms with Crippen molar-refractivity contribution in [3.8, 4) is 11.8 Å². The number of halogens is 6. The molecule has 2 aromatic rings. The molecule has 1 aromatic heterocycles. The molecular weight excluding hydrogens is 546 g/mol. The zero-order valence-corrected chi connectivity index (χ0v) is 20.2. The van der Waals surface area contributed by atoms with Crippen LogP contribution in [0, 0.1) is 11.8 Å². The lowest BCUT2D eigenvalue weighted by Crippen LogP contribution is -2.54. The summed E-state index contributed by atoms with van der Waals surface area (Å²) in [7, 11) is -4.14. The molecule has 1 fully saturated rings. The predicted molar refractivity (Wildman–Crippen MR) is 122 cm³/mol. The molecule has 0 spiro atoms. The summed E-state index contributed by atoms with van der Waals surface area (Å²) in [5.41, 5.74) is -6.41. The van der Waals surface area contributed by atoms with E-state index in [1.54, 1.807) is 4.90 Å². The number of anilines is 2. The van der Waals surface area contributed by atoms with Gasteiger partial charge in [0.05, 0.1) is 0 Å². The van der Waals surface area contributed by atoms with E-state index < -0.39 is 39.6 Å². The SMILES string of the molecule is CC#Cc1nc(NC(=O)O)ccc1S(=O)(=O)N1CCN(c2ccc(C(O)(C(F)(F)F)C(F)(F)F)cc2)CC1. The van der Waals surface area contributed by atoms with Crippen molar-refractivity contribution in [1.82, 2.24) is 9.29 Å². The van der Waals surface area contributed by atoms with Gasteiger partial charge in [-0.15, -0.1) is 0 Å². The number of pyridine rings is 1. The molecule has 0 unspecified atom stereocenters. The van der Waals surface area contributed by atoms with Crippen molar-refractivity contribution in [2.75, 3.05) is 36.4 Å². The van der Waals surface area contributed by atoms with E-state index >= 15 is 0 Å². The summed E-state index contributed by atoms with van der Waals surface area (Å²) in [5.74, 6) is 4.89. The molecule has 9 nitrogen and oxygen atoms in total. The molecule has 3 rings (SSSR count). The second-order valence-electron chi connectivity index (χ2n) is 7.99. The predicted octanol–water partition coefficient (Wildman–Crippen LogP) is 3.37. The highest BCUT2D eigenvalue weighted by Crippen LogP contribution is 2.50. The summed E-state index contributed by atoms with van der Waals surface area (Å²) in [6.07, 6.45) is -13.4. The molecule has 1 aliphatic heterocycles. The number of hydrogen-bond donors (Lipinski definition) is 3. The number of rotatable bonds is 5. The van der Waals surface area contributed by atoms with E-state index in [1.165, 1.54) is 6.92 Å². The number of alkyl halides is 6. The van der Waals surface area contributed by atoms with E-state index in [9.17, 15) is 44.7 Å². The van der Waals surface area contributed by atoms with Crippen LogP contribution in [0.25, 0.3) is 0 Å². The number of sulfonamides is 1. The van der Waals surface area contributed by atoms with Gasteiger partial charge in [0.25, 0.3) is 5.60 Å². The number of carboxylic acid groups (broad SMARTS) is 1. The van der Waals surface area contributed by atoms with Gasteiger partial charge >= 0.3 is 18.4 Å². The number of carbonyl (C=O) groups is 1. The molecule has 0 aliphatic carbocycles. The molecule has 206 valence electrons. The van der Waals surface area contributed by atoms with Crippen molar-refractivity contribution in [2.45, 2.75) is 29.8 Å². The fraction of sp³-hybridized carbons (Fsp3) is 0.364. The van der Waals surface area contributed by atoms with Crippen molar-refractivity contribution in [3.63, 3.8) is 0 Å². The van der Waals surface area contributed by atoms with Gasteiger partial charge in [0.1, 0.15) is 16.4 Å². The van der Waals surface area contributed by atoms with Gasteiger partial charge in [-0.05, 0) is 37.1 Å². The first-order valence-corrected chi connectivity index (χ1v) is 12.1. The van der Waals surface area contributed by atoms with Gasteiger partial charge in [-0.25, -0.2) is 18.2 Å². The Balaban J connectivity index is 1.79. The number of aliphatic hydroxyl groups is 1. The Bertz CT molecular complexity index is 1350. The zero-order chi connectivity index (χ0) is 28.5. The largest absolute Gasteiger partial charge is 0.465 e.